The van der Waals surface area contributed by atoms with Gasteiger partial charge >= 0.3 is 0 Å². The average Bonchev–Trinajstić information content (AvgIpc) is 2.37. The van der Waals surface area contributed by atoms with Crippen LogP contribution in [0.25, 0.3) is 0 Å². The number of hydrogen-bond acceptors (Lipinski definition) is 3. The van der Waals surface area contributed by atoms with Crippen LogP contribution < -0.4 is 0 Å². The lowest BCUT2D eigenvalue weighted by atomic mass is 10.0. The normalized spacial score (nSPS) is 20.9. The minimum atomic E-state index is -0.215. The van der Waals surface area contributed by atoms with Gasteiger partial charge in [-0.1, -0.05) is 24.3 Å². The van der Waals surface area contributed by atoms with Gasteiger partial charge in [0.1, 0.15) is 0 Å². The third-order valence-corrected chi connectivity index (χ3v) is 3.58. The number of ketones is 1. The molecule has 1 unspecified atom stereocenters. The molecule has 1 heterocycles. The van der Waals surface area contributed by atoms with Crippen molar-refractivity contribution >= 4 is 5.78 Å². The predicted octanol–water partition coefficient (Wildman–Crippen LogP) is 2.02. The van der Waals surface area contributed by atoms with E-state index in [0.29, 0.717) is 13.0 Å². The second kappa shape index (κ2) is 6.12. The molecule has 1 aliphatic heterocycles. The summed E-state index contributed by atoms with van der Waals surface area (Å²) < 4.78 is 0. The van der Waals surface area contributed by atoms with E-state index in [1.54, 1.807) is 0 Å². The van der Waals surface area contributed by atoms with Crippen LogP contribution >= 0.6 is 0 Å². The highest BCUT2D eigenvalue weighted by Gasteiger charge is 2.18. The molecule has 1 aliphatic rings. The van der Waals surface area contributed by atoms with E-state index >= 15 is 0 Å². The number of β-amino-alcohol motifs (C(OH)–C–C–N with tert-alkyl or cyclic N) is 1. The SMILES string of the molecule is Cc1ccccc1C(=O)CCN1CCCC(O)C1. The Kier molecular flexibility index (Phi) is 4.50. The molecule has 0 spiro atoms. The Balaban J connectivity index is 1.87. The van der Waals surface area contributed by atoms with Crippen LogP contribution in [0.5, 0.6) is 0 Å². The fourth-order valence-electron chi connectivity index (χ4n) is 2.51. The summed E-state index contributed by atoms with van der Waals surface area (Å²) in [6.07, 6.45) is 2.24. The fraction of sp³-hybridized carbons (Fsp3) is 0.533. The minimum absolute atomic E-state index is 0.202. The summed E-state index contributed by atoms with van der Waals surface area (Å²) in [7, 11) is 0. The van der Waals surface area contributed by atoms with Crippen molar-refractivity contribution < 1.29 is 9.90 Å². The Morgan fingerprint density at radius 2 is 2.22 bits per heavy atom. The van der Waals surface area contributed by atoms with Gasteiger partial charge in [-0.15, -0.1) is 0 Å². The summed E-state index contributed by atoms with van der Waals surface area (Å²) in [5, 5.41) is 9.58. The second-order valence-electron chi connectivity index (χ2n) is 5.08. The van der Waals surface area contributed by atoms with E-state index in [-0.39, 0.29) is 11.9 Å². The van der Waals surface area contributed by atoms with E-state index in [0.717, 1.165) is 37.1 Å². The number of carbonyl (C=O) groups excluding carboxylic acids is 1. The predicted molar refractivity (Wildman–Crippen MR) is 71.8 cm³/mol. The number of carbonyl (C=O) groups is 1. The molecule has 0 amide bonds. The molecule has 18 heavy (non-hydrogen) atoms. The van der Waals surface area contributed by atoms with Gasteiger partial charge in [-0.05, 0) is 31.9 Å². The van der Waals surface area contributed by atoms with Gasteiger partial charge in [0, 0.05) is 25.1 Å². The summed E-state index contributed by atoms with van der Waals surface area (Å²) >= 11 is 0. The van der Waals surface area contributed by atoms with Crippen LogP contribution in [0.15, 0.2) is 24.3 Å². The average molecular weight is 247 g/mol. The Morgan fingerprint density at radius 3 is 2.94 bits per heavy atom. The molecule has 0 aromatic heterocycles. The first-order chi connectivity index (χ1) is 8.66. The highest BCUT2D eigenvalue weighted by molar-refractivity contribution is 5.97. The molecule has 1 atom stereocenters. The lowest BCUT2D eigenvalue weighted by molar-refractivity contribution is 0.0670. The first-order valence-corrected chi connectivity index (χ1v) is 6.66. The number of benzene rings is 1. The van der Waals surface area contributed by atoms with Gasteiger partial charge in [0.25, 0.3) is 0 Å². The minimum Gasteiger partial charge on any atom is -0.392 e. The van der Waals surface area contributed by atoms with Gasteiger partial charge in [-0.25, -0.2) is 0 Å². The Hall–Kier alpha value is -1.19. The van der Waals surface area contributed by atoms with Crippen LogP contribution in [0.3, 0.4) is 0 Å². The third-order valence-electron chi connectivity index (χ3n) is 3.58. The molecule has 3 heteroatoms. The Bertz CT molecular complexity index is 417. The van der Waals surface area contributed by atoms with Crippen molar-refractivity contribution in [1.82, 2.24) is 4.90 Å². The Morgan fingerprint density at radius 1 is 1.44 bits per heavy atom. The molecule has 1 saturated heterocycles. The number of aryl methyl sites for hydroxylation is 1. The largest absolute Gasteiger partial charge is 0.392 e. The summed E-state index contributed by atoms with van der Waals surface area (Å²) in [5.74, 6) is 0.202. The molecule has 0 radical (unpaired) electrons. The van der Waals surface area contributed by atoms with Gasteiger partial charge in [0.15, 0.2) is 5.78 Å². The maximum atomic E-state index is 12.1. The third kappa shape index (κ3) is 3.40. The van der Waals surface area contributed by atoms with Gasteiger partial charge in [-0.2, -0.15) is 0 Å². The summed E-state index contributed by atoms with van der Waals surface area (Å²) in [6.45, 7) is 4.43. The molecule has 1 aromatic carbocycles. The molecule has 1 fully saturated rings. The number of aliphatic hydroxyl groups excluding tert-OH is 1. The number of nitrogens with zero attached hydrogens (tertiary/aromatic N) is 1. The van der Waals surface area contributed by atoms with Crippen LogP contribution in [0.4, 0.5) is 0 Å². The Labute approximate surface area is 108 Å². The number of piperidine rings is 1. The lowest BCUT2D eigenvalue weighted by Gasteiger charge is -2.29. The summed E-state index contributed by atoms with van der Waals surface area (Å²) in [6, 6.07) is 7.72. The van der Waals surface area contributed by atoms with E-state index in [9.17, 15) is 9.90 Å². The van der Waals surface area contributed by atoms with Crippen LogP contribution in [0.1, 0.15) is 35.2 Å². The van der Waals surface area contributed by atoms with Crippen LogP contribution in [-0.2, 0) is 0 Å². The van der Waals surface area contributed by atoms with Crippen molar-refractivity contribution in [1.29, 1.82) is 0 Å². The smallest absolute Gasteiger partial charge is 0.164 e. The van der Waals surface area contributed by atoms with Crippen molar-refractivity contribution in [3.8, 4) is 0 Å². The maximum absolute atomic E-state index is 12.1. The van der Waals surface area contributed by atoms with Gasteiger partial charge in [-0.3, -0.25) is 4.79 Å². The number of rotatable bonds is 4. The number of aliphatic hydroxyl groups is 1. The zero-order valence-corrected chi connectivity index (χ0v) is 10.9. The quantitative estimate of drug-likeness (QED) is 0.828. The summed E-state index contributed by atoms with van der Waals surface area (Å²) in [5.41, 5.74) is 1.87. The molecule has 98 valence electrons. The standard InChI is InChI=1S/C15H21NO2/c1-12-5-2-3-7-14(12)15(18)8-10-16-9-4-6-13(17)11-16/h2-3,5,7,13,17H,4,6,8-11H2,1H3. The molecular weight excluding hydrogens is 226 g/mol. The van der Waals surface area contributed by atoms with E-state index in [2.05, 4.69) is 4.90 Å². The van der Waals surface area contributed by atoms with E-state index in [1.165, 1.54) is 0 Å². The first-order valence-electron chi connectivity index (χ1n) is 6.66. The van der Waals surface area contributed by atoms with E-state index in [1.807, 2.05) is 31.2 Å². The van der Waals surface area contributed by atoms with E-state index < -0.39 is 0 Å². The monoisotopic (exact) mass is 247 g/mol. The molecule has 2 rings (SSSR count). The van der Waals surface area contributed by atoms with Crippen molar-refractivity contribution in [2.75, 3.05) is 19.6 Å². The number of likely N-dealkylation sites (tertiary alicyclic amines) is 1. The molecule has 0 bridgehead atoms. The molecule has 1 aromatic rings. The molecule has 3 nitrogen and oxygen atoms in total. The van der Waals surface area contributed by atoms with Crippen molar-refractivity contribution in [3.63, 3.8) is 0 Å². The highest BCUT2D eigenvalue weighted by Crippen LogP contribution is 2.13. The molecular formula is C15H21NO2. The zero-order valence-electron chi connectivity index (χ0n) is 10.9. The highest BCUT2D eigenvalue weighted by atomic mass is 16.3. The fourth-order valence-corrected chi connectivity index (χ4v) is 2.51. The first kappa shape index (κ1) is 13.2. The van der Waals surface area contributed by atoms with Crippen molar-refractivity contribution in [3.05, 3.63) is 35.4 Å². The van der Waals surface area contributed by atoms with Crippen LogP contribution in [-0.4, -0.2) is 41.5 Å². The maximum Gasteiger partial charge on any atom is 0.164 e. The van der Waals surface area contributed by atoms with E-state index in [4.69, 9.17) is 0 Å². The van der Waals surface area contributed by atoms with Crippen molar-refractivity contribution in [2.45, 2.75) is 32.3 Å². The molecule has 0 aliphatic carbocycles. The molecule has 1 N–H and O–H groups in total. The van der Waals surface area contributed by atoms with Gasteiger partial charge < -0.3 is 10.0 Å². The van der Waals surface area contributed by atoms with Crippen LogP contribution in [0, 0.1) is 6.92 Å². The molecule has 0 saturated carbocycles. The number of hydrogen-bond donors (Lipinski definition) is 1. The zero-order chi connectivity index (χ0) is 13.0. The van der Waals surface area contributed by atoms with Gasteiger partial charge in [0.05, 0.1) is 6.10 Å². The van der Waals surface area contributed by atoms with Gasteiger partial charge in [0.2, 0.25) is 0 Å². The number of Topliss-reactive ketones (excluding diaryl/α,β-unsaturated/α-hetero) is 1. The van der Waals surface area contributed by atoms with Crippen LogP contribution in [0.2, 0.25) is 0 Å². The topological polar surface area (TPSA) is 40.5 Å². The summed E-state index contributed by atoms with van der Waals surface area (Å²) in [4.78, 5) is 14.3. The lowest BCUT2D eigenvalue weighted by Crippen LogP contribution is -2.39. The van der Waals surface area contributed by atoms with Crippen molar-refractivity contribution in [2.24, 2.45) is 0 Å². The second-order valence-corrected chi connectivity index (χ2v) is 5.08.